The molecule has 30 heavy (non-hydrogen) atoms. The Kier molecular flexibility index (Phi) is 6.04. The van der Waals surface area contributed by atoms with Crippen molar-refractivity contribution in [2.75, 3.05) is 31.6 Å². The average molecular weight is 494 g/mol. The Labute approximate surface area is 188 Å². The van der Waals surface area contributed by atoms with Crippen molar-refractivity contribution in [2.24, 2.45) is 0 Å². The minimum Gasteiger partial charge on any atom is -0.465 e. The molecule has 2 saturated heterocycles. The highest BCUT2D eigenvalue weighted by Crippen LogP contribution is 2.36. The van der Waals surface area contributed by atoms with E-state index in [2.05, 4.69) is 20.8 Å². The van der Waals surface area contributed by atoms with E-state index in [9.17, 15) is 9.59 Å². The summed E-state index contributed by atoms with van der Waals surface area (Å²) in [5.41, 5.74) is 1.77. The number of halogens is 2. The number of hydrogen-bond acceptors (Lipinski definition) is 5. The number of piperidine rings is 1. The lowest BCUT2D eigenvalue weighted by atomic mass is 9.91. The lowest BCUT2D eigenvalue weighted by molar-refractivity contribution is -0.000972. The van der Waals surface area contributed by atoms with Crippen molar-refractivity contribution in [1.82, 2.24) is 4.90 Å². The number of nitrogens with zero attached hydrogens (tertiary/aromatic N) is 2. The van der Waals surface area contributed by atoms with E-state index in [0.717, 1.165) is 47.5 Å². The molecule has 2 heterocycles. The van der Waals surface area contributed by atoms with Gasteiger partial charge in [-0.2, -0.15) is 0 Å². The van der Waals surface area contributed by atoms with Crippen molar-refractivity contribution in [3.8, 4) is 0 Å². The largest absolute Gasteiger partial charge is 0.465 e. The molecule has 0 saturated carbocycles. The Bertz CT molecular complexity index is 958. The van der Waals surface area contributed by atoms with Gasteiger partial charge in [-0.1, -0.05) is 27.5 Å². The van der Waals surface area contributed by atoms with Gasteiger partial charge in [-0.05, 0) is 48.0 Å². The van der Waals surface area contributed by atoms with Crippen molar-refractivity contribution in [2.45, 2.75) is 25.0 Å². The van der Waals surface area contributed by atoms with Crippen LogP contribution in [-0.2, 0) is 16.0 Å². The number of hydrogen-bond donors (Lipinski definition) is 0. The second-order valence-electron chi connectivity index (χ2n) is 7.69. The van der Waals surface area contributed by atoms with Gasteiger partial charge in [-0.25, -0.2) is 9.59 Å². The molecular formula is C22H22BrClN2O4. The molecular weight excluding hydrogens is 472 g/mol. The number of esters is 1. The maximum absolute atomic E-state index is 12.6. The maximum Gasteiger partial charge on any atom is 0.415 e. The molecule has 0 radical (unpaired) electrons. The van der Waals surface area contributed by atoms with Crippen LogP contribution in [0, 0.1) is 0 Å². The smallest absolute Gasteiger partial charge is 0.415 e. The van der Waals surface area contributed by atoms with Gasteiger partial charge in [0.15, 0.2) is 0 Å². The van der Waals surface area contributed by atoms with Gasteiger partial charge in [0, 0.05) is 47.7 Å². The molecule has 1 spiro atoms. The first-order chi connectivity index (χ1) is 14.4. The molecule has 4 rings (SSSR count). The van der Waals surface area contributed by atoms with Gasteiger partial charge in [0.1, 0.15) is 5.60 Å². The molecule has 0 aromatic heterocycles. The number of amides is 1. The predicted octanol–water partition coefficient (Wildman–Crippen LogP) is 4.88. The monoisotopic (exact) mass is 492 g/mol. The van der Waals surface area contributed by atoms with Crippen LogP contribution in [0.1, 0.15) is 28.8 Å². The molecule has 6 nitrogen and oxygen atoms in total. The van der Waals surface area contributed by atoms with Crippen LogP contribution in [0.25, 0.3) is 0 Å². The summed E-state index contributed by atoms with van der Waals surface area (Å²) in [5, 5.41) is 0.757. The third kappa shape index (κ3) is 4.33. The van der Waals surface area contributed by atoms with Gasteiger partial charge in [-0.3, -0.25) is 9.80 Å². The van der Waals surface area contributed by atoms with E-state index >= 15 is 0 Å². The quantitative estimate of drug-likeness (QED) is 0.568. The molecule has 2 fully saturated rings. The van der Waals surface area contributed by atoms with Crippen molar-refractivity contribution >= 4 is 45.3 Å². The summed E-state index contributed by atoms with van der Waals surface area (Å²) < 4.78 is 11.6. The summed E-state index contributed by atoms with van der Waals surface area (Å²) in [6, 6.07) is 12.7. The lowest BCUT2D eigenvalue weighted by Crippen LogP contribution is -2.46. The zero-order valence-electron chi connectivity index (χ0n) is 16.6. The van der Waals surface area contributed by atoms with Crippen molar-refractivity contribution < 1.29 is 19.1 Å². The van der Waals surface area contributed by atoms with E-state index in [-0.39, 0.29) is 6.09 Å². The van der Waals surface area contributed by atoms with Crippen LogP contribution >= 0.6 is 27.5 Å². The second kappa shape index (κ2) is 8.57. The third-order valence-electron chi connectivity index (χ3n) is 5.74. The van der Waals surface area contributed by atoms with E-state index in [4.69, 9.17) is 21.1 Å². The fourth-order valence-corrected chi connectivity index (χ4v) is 4.59. The highest BCUT2D eigenvalue weighted by Gasteiger charge is 2.47. The van der Waals surface area contributed by atoms with Gasteiger partial charge in [0.05, 0.1) is 19.2 Å². The van der Waals surface area contributed by atoms with Crippen LogP contribution in [-0.4, -0.2) is 49.3 Å². The van der Waals surface area contributed by atoms with Gasteiger partial charge in [0.25, 0.3) is 0 Å². The number of likely N-dealkylation sites (tertiary alicyclic amines) is 1. The van der Waals surface area contributed by atoms with Crippen LogP contribution in [0.2, 0.25) is 5.02 Å². The Morgan fingerprint density at radius 3 is 2.57 bits per heavy atom. The molecule has 2 aliphatic rings. The minimum absolute atomic E-state index is 0.343. The van der Waals surface area contributed by atoms with Crippen LogP contribution in [0.4, 0.5) is 10.5 Å². The molecule has 0 aliphatic carbocycles. The number of rotatable bonds is 4. The Hall–Kier alpha value is -2.09. The van der Waals surface area contributed by atoms with Crippen LogP contribution in [0.5, 0.6) is 0 Å². The SMILES string of the molecule is COC(=O)c1ccc(N2CC3(CCN(Cc4cc(Br)ccc4Cl)CC3)OC2=O)cc1. The standard InChI is InChI=1S/C22H22BrClN2O4/c1-29-20(27)15-2-5-18(6-3-15)26-14-22(30-21(26)28)8-10-25(11-9-22)13-16-12-17(23)4-7-19(16)24/h2-7,12H,8-11,13-14H2,1H3. The topological polar surface area (TPSA) is 59.1 Å². The summed E-state index contributed by atoms with van der Waals surface area (Å²) in [5.74, 6) is -0.403. The van der Waals surface area contributed by atoms with E-state index < -0.39 is 11.6 Å². The fourth-order valence-electron chi connectivity index (χ4n) is 4.00. The Morgan fingerprint density at radius 1 is 1.20 bits per heavy atom. The van der Waals surface area contributed by atoms with Crippen molar-refractivity contribution in [1.29, 1.82) is 0 Å². The first-order valence-corrected chi connectivity index (χ1v) is 10.9. The zero-order chi connectivity index (χ0) is 21.3. The molecule has 8 heteroatoms. The lowest BCUT2D eigenvalue weighted by Gasteiger charge is -2.37. The van der Waals surface area contributed by atoms with Gasteiger partial charge < -0.3 is 9.47 Å². The third-order valence-corrected chi connectivity index (χ3v) is 6.60. The normalized spacial score (nSPS) is 18.5. The van der Waals surface area contributed by atoms with Crippen molar-refractivity contribution in [3.05, 3.63) is 63.1 Å². The summed E-state index contributed by atoms with van der Waals surface area (Å²) in [6.45, 7) is 2.92. The van der Waals surface area contributed by atoms with E-state index in [0.29, 0.717) is 17.8 Å². The minimum atomic E-state index is -0.477. The number of anilines is 1. The van der Waals surface area contributed by atoms with E-state index in [1.165, 1.54) is 7.11 Å². The first-order valence-electron chi connectivity index (χ1n) is 9.74. The first kappa shape index (κ1) is 21.2. The molecule has 158 valence electrons. The Balaban J connectivity index is 1.39. The van der Waals surface area contributed by atoms with Gasteiger partial charge >= 0.3 is 12.1 Å². The molecule has 2 aromatic rings. The zero-order valence-corrected chi connectivity index (χ0v) is 18.9. The molecule has 1 amide bonds. The summed E-state index contributed by atoms with van der Waals surface area (Å²) in [4.78, 5) is 28.1. The molecule has 0 unspecified atom stereocenters. The highest BCUT2D eigenvalue weighted by molar-refractivity contribution is 9.10. The molecule has 0 atom stereocenters. The summed E-state index contributed by atoms with van der Waals surface area (Å²) >= 11 is 9.83. The molecule has 2 aliphatic heterocycles. The van der Waals surface area contributed by atoms with Gasteiger partial charge in [0.2, 0.25) is 0 Å². The Morgan fingerprint density at radius 2 is 1.90 bits per heavy atom. The van der Waals surface area contributed by atoms with Gasteiger partial charge in [-0.15, -0.1) is 0 Å². The number of carbonyl (C=O) groups excluding carboxylic acids is 2. The predicted molar refractivity (Wildman–Crippen MR) is 118 cm³/mol. The summed E-state index contributed by atoms with van der Waals surface area (Å²) in [6.07, 6.45) is 1.19. The van der Waals surface area contributed by atoms with Crippen LogP contribution in [0.15, 0.2) is 46.9 Å². The maximum atomic E-state index is 12.6. The highest BCUT2D eigenvalue weighted by atomic mass is 79.9. The van der Waals surface area contributed by atoms with Crippen LogP contribution < -0.4 is 4.90 Å². The van der Waals surface area contributed by atoms with Crippen molar-refractivity contribution in [3.63, 3.8) is 0 Å². The number of carbonyl (C=O) groups is 2. The average Bonchev–Trinajstić information content (AvgIpc) is 3.08. The number of methoxy groups -OCH3 is 1. The van der Waals surface area contributed by atoms with Crippen LogP contribution in [0.3, 0.4) is 0 Å². The molecule has 0 N–H and O–H groups in total. The van der Waals surface area contributed by atoms with E-state index in [1.54, 1.807) is 29.2 Å². The molecule has 2 aromatic carbocycles. The fraction of sp³-hybridized carbons (Fsp3) is 0.364. The molecule has 0 bridgehead atoms. The number of ether oxygens (including phenoxy) is 2. The van der Waals surface area contributed by atoms with E-state index in [1.807, 2.05) is 18.2 Å². The number of benzene rings is 2. The second-order valence-corrected chi connectivity index (χ2v) is 9.01. The summed E-state index contributed by atoms with van der Waals surface area (Å²) in [7, 11) is 1.34.